The van der Waals surface area contributed by atoms with Gasteiger partial charge in [0.2, 0.25) is 0 Å². The molecule has 1 saturated heterocycles. The van der Waals surface area contributed by atoms with Crippen LogP contribution in [-0.2, 0) is 6.61 Å². The first kappa shape index (κ1) is 24.6. The number of thiophene rings is 1. The average Bonchev–Trinajstić information content (AvgIpc) is 3.36. The standard InChI is InChI=1S/C27H29FN4O3S/c28-20-5-3-19(4-6-20)24-16-36-27-25(24)26(30-17-31-27)32-11-9-21(10-12-32)29-13-22(34)15-35-23-7-1-18(14-33)2-8-23/h1-8,16-17,21-22,29,33-34H,9-15H2. The number of halogens is 1. The second-order valence-electron chi connectivity index (χ2n) is 8.97. The number of nitrogens with zero attached hydrogens (tertiary/aromatic N) is 3. The van der Waals surface area contributed by atoms with Crippen LogP contribution >= 0.6 is 11.3 Å². The van der Waals surface area contributed by atoms with E-state index < -0.39 is 6.10 Å². The van der Waals surface area contributed by atoms with Crippen molar-refractivity contribution < 1.29 is 19.3 Å². The molecule has 5 rings (SSSR count). The molecule has 1 atom stereocenters. The Balaban J connectivity index is 1.16. The normalized spacial score (nSPS) is 15.4. The van der Waals surface area contributed by atoms with Crippen LogP contribution in [0.3, 0.4) is 0 Å². The van der Waals surface area contributed by atoms with Gasteiger partial charge in [-0.1, -0.05) is 24.3 Å². The van der Waals surface area contributed by atoms with Crippen molar-refractivity contribution in [2.24, 2.45) is 0 Å². The van der Waals surface area contributed by atoms with Gasteiger partial charge >= 0.3 is 0 Å². The molecule has 1 aliphatic heterocycles. The molecule has 1 aliphatic rings. The van der Waals surface area contributed by atoms with Crippen molar-refractivity contribution in [3.63, 3.8) is 0 Å². The summed E-state index contributed by atoms with van der Waals surface area (Å²) in [7, 11) is 0. The lowest BCUT2D eigenvalue weighted by Gasteiger charge is -2.34. The van der Waals surface area contributed by atoms with E-state index in [0.717, 1.165) is 58.7 Å². The van der Waals surface area contributed by atoms with E-state index in [2.05, 4.69) is 25.6 Å². The Morgan fingerprint density at radius 1 is 1.08 bits per heavy atom. The lowest BCUT2D eigenvalue weighted by atomic mass is 10.0. The zero-order valence-electron chi connectivity index (χ0n) is 19.8. The minimum Gasteiger partial charge on any atom is -0.491 e. The number of hydrogen-bond donors (Lipinski definition) is 3. The topological polar surface area (TPSA) is 90.7 Å². The van der Waals surface area contributed by atoms with Crippen LogP contribution < -0.4 is 15.0 Å². The highest BCUT2D eigenvalue weighted by molar-refractivity contribution is 7.17. The summed E-state index contributed by atoms with van der Waals surface area (Å²) in [6.07, 6.45) is 2.85. The van der Waals surface area contributed by atoms with Gasteiger partial charge in [0.1, 0.15) is 41.3 Å². The van der Waals surface area contributed by atoms with Crippen LogP contribution in [0, 0.1) is 5.82 Å². The molecule has 0 saturated carbocycles. The molecule has 7 nitrogen and oxygen atoms in total. The number of nitrogens with one attached hydrogen (secondary N) is 1. The molecular formula is C27H29FN4O3S. The molecule has 4 aromatic rings. The van der Waals surface area contributed by atoms with Crippen LogP contribution in [0.2, 0.25) is 0 Å². The van der Waals surface area contributed by atoms with Crippen LogP contribution in [0.25, 0.3) is 21.3 Å². The predicted molar refractivity (Wildman–Crippen MR) is 140 cm³/mol. The summed E-state index contributed by atoms with van der Waals surface area (Å²) in [5.74, 6) is 1.33. The number of aromatic nitrogens is 2. The van der Waals surface area contributed by atoms with Gasteiger partial charge in [0, 0.05) is 36.6 Å². The van der Waals surface area contributed by atoms with E-state index in [1.165, 1.54) is 12.1 Å². The van der Waals surface area contributed by atoms with E-state index in [1.54, 1.807) is 54.1 Å². The predicted octanol–water partition coefficient (Wildman–Crippen LogP) is 3.99. The van der Waals surface area contributed by atoms with Crippen molar-refractivity contribution in [2.45, 2.75) is 31.6 Å². The second kappa shape index (κ2) is 11.3. The number of piperidine rings is 1. The number of benzene rings is 2. The fraction of sp³-hybridized carbons (Fsp3) is 0.333. The average molecular weight is 509 g/mol. The summed E-state index contributed by atoms with van der Waals surface area (Å²) < 4.78 is 19.1. The fourth-order valence-electron chi connectivity index (χ4n) is 4.48. The van der Waals surface area contributed by atoms with Crippen LogP contribution in [-0.4, -0.2) is 58.6 Å². The third kappa shape index (κ3) is 5.65. The smallest absolute Gasteiger partial charge is 0.141 e. The fourth-order valence-corrected chi connectivity index (χ4v) is 5.39. The minimum atomic E-state index is -0.619. The van der Waals surface area contributed by atoms with E-state index in [4.69, 9.17) is 9.84 Å². The molecule has 0 amide bonds. The summed E-state index contributed by atoms with van der Waals surface area (Å²) in [6, 6.07) is 14.0. The molecule has 188 valence electrons. The number of aliphatic hydroxyl groups is 2. The summed E-state index contributed by atoms with van der Waals surface area (Å²) in [6.45, 7) is 2.33. The molecule has 3 heterocycles. The van der Waals surface area contributed by atoms with Crippen molar-refractivity contribution in [3.8, 4) is 16.9 Å². The van der Waals surface area contributed by atoms with E-state index in [1.807, 2.05) is 0 Å². The molecule has 0 radical (unpaired) electrons. The van der Waals surface area contributed by atoms with Gasteiger partial charge in [-0.3, -0.25) is 0 Å². The van der Waals surface area contributed by atoms with Gasteiger partial charge < -0.3 is 25.2 Å². The number of anilines is 1. The van der Waals surface area contributed by atoms with E-state index in [9.17, 15) is 9.50 Å². The van der Waals surface area contributed by atoms with Gasteiger partial charge in [-0.25, -0.2) is 14.4 Å². The van der Waals surface area contributed by atoms with Crippen molar-refractivity contribution in [1.29, 1.82) is 0 Å². The van der Waals surface area contributed by atoms with Crippen molar-refractivity contribution >= 4 is 27.4 Å². The van der Waals surface area contributed by atoms with Crippen LogP contribution in [0.4, 0.5) is 10.2 Å². The largest absolute Gasteiger partial charge is 0.491 e. The highest BCUT2D eigenvalue weighted by Gasteiger charge is 2.24. The zero-order valence-corrected chi connectivity index (χ0v) is 20.6. The van der Waals surface area contributed by atoms with Crippen LogP contribution in [0.1, 0.15) is 18.4 Å². The van der Waals surface area contributed by atoms with Crippen molar-refractivity contribution in [1.82, 2.24) is 15.3 Å². The Hall–Kier alpha value is -3.11. The molecule has 9 heteroatoms. The minimum absolute atomic E-state index is 0.00355. The first-order valence-corrected chi connectivity index (χ1v) is 13.0. The van der Waals surface area contributed by atoms with Gasteiger partial charge in [0.25, 0.3) is 0 Å². The van der Waals surface area contributed by atoms with Gasteiger partial charge in [-0.15, -0.1) is 11.3 Å². The Kier molecular flexibility index (Phi) is 7.72. The van der Waals surface area contributed by atoms with Gasteiger partial charge in [-0.2, -0.15) is 0 Å². The summed E-state index contributed by atoms with van der Waals surface area (Å²) in [4.78, 5) is 12.3. The van der Waals surface area contributed by atoms with Crippen molar-refractivity contribution in [3.05, 3.63) is 71.6 Å². The quantitative estimate of drug-likeness (QED) is 0.315. The van der Waals surface area contributed by atoms with Gasteiger partial charge in [0.15, 0.2) is 0 Å². The first-order valence-electron chi connectivity index (χ1n) is 12.1. The first-order chi connectivity index (χ1) is 17.6. The monoisotopic (exact) mass is 508 g/mol. The molecule has 0 aliphatic carbocycles. The Bertz CT molecular complexity index is 1270. The number of hydrogen-bond acceptors (Lipinski definition) is 8. The van der Waals surface area contributed by atoms with Gasteiger partial charge in [-0.05, 0) is 48.2 Å². The molecule has 0 spiro atoms. The third-order valence-electron chi connectivity index (χ3n) is 6.49. The Morgan fingerprint density at radius 2 is 1.83 bits per heavy atom. The molecule has 0 bridgehead atoms. The molecule has 36 heavy (non-hydrogen) atoms. The molecule has 2 aromatic carbocycles. The molecule has 1 fully saturated rings. The number of ether oxygens (including phenoxy) is 1. The maximum absolute atomic E-state index is 13.4. The lowest BCUT2D eigenvalue weighted by Crippen LogP contribution is -2.45. The Morgan fingerprint density at radius 3 is 2.56 bits per heavy atom. The third-order valence-corrected chi connectivity index (χ3v) is 7.38. The number of aliphatic hydroxyl groups excluding tert-OH is 2. The van der Waals surface area contributed by atoms with Crippen LogP contribution in [0.5, 0.6) is 5.75 Å². The van der Waals surface area contributed by atoms with E-state index >= 15 is 0 Å². The maximum atomic E-state index is 13.4. The molecular weight excluding hydrogens is 479 g/mol. The highest BCUT2D eigenvalue weighted by atomic mass is 32.1. The van der Waals surface area contributed by atoms with Crippen molar-refractivity contribution in [2.75, 3.05) is 31.1 Å². The Labute approximate surface area is 213 Å². The van der Waals surface area contributed by atoms with Gasteiger partial charge in [0.05, 0.1) is 12.0 Å². The highest BCUT2D eigenvalue weighted by Crippen LogP contribution is 2.38. The summed E-state index contributed by atoms with van der Waals surface area (Å²) in [5.41, 5.74) is 2.81. The zero-order chi connectivity index (χ0) is 24.9. The van der Waals surface area contributed by atoms with E-state index in [-0.39, 0.29) is 19.0 Å². The summed E-state index contributed by atoms with van der Waals surface area (Å²) in [5, 5.41) is 26.0. The molecule has 1 unspecified atom stereocenters. The molecule has 3 N–H and O–H groups in total. The number of fused-ring (bicyclic) bond motifs is 1. The maximum Gasteiger partial charge on any atom is 0.141 e. The van der Waals surface area contributed by atoms with E-state index in [0.29, 0.717) is 18.3 Å². The SMILES string of the molecule is OCc1ccc(OCC(O)CNC2CCN(c3ncnc4scc(-c5ccc(F)cc5)c34)CC2)cc1. The lowest BCUT2D eigenvalue weighted by molar-refractivity contribution is 0.102. The number of rotatable bonds is 9. The van der Waals surface area contributed by atoms with Crippen LogP contribution in [0.15, 0.2) is 60.2 Å². The summed E-state index contributed by atoms with van der Waals surface area (Å²) >= 11 is 1.57. The second-order valence-corrected chi connectivity index (χ2v) is 9.83. The molecule has 2 aromatic heterocycles.